The number of pyridine rings is 1. The maximum absolute atomic E-state index is 12.5. The second-order valence-corrected chi connectivity index (χ2v) is 7.73. The van der Waals surface area contributed by atoms with Gasteiger partial charge in [-0.1, -0.05) is 0 Å². The number of rotatable bonds is 4. The van der Waals surface area contributed by atoms with Crippen molar-refractivity contribution in [2.75, 3.05) is 6.54 Å². The highest BCUT2D eigenvalue weighted by Gasteiger charge is 2.42. The first-order valence-corrected chi connectivity index (χ1v) is 9.42. The van der Waals surface area contributed by atoms with Crippen LogP contribution in [0.1, 0.15) is 35.5 Å². The summed E-state index contributed by atoms with van der Waals surface area (Å²) >= 11 is 1.66. The summed E-state index contributed by atoms with van der Waals surface area (Å²) in [5, 5.41) is 3.15. The minimum absolute atomic E-state index is 0.285. The average Bonchev–Trinajstić information content (AvgIpc) is 3.18. The first-order valence-electron chi connectivity index (χ1n) is 8.54. The zero-order valence-electron chi connectivity index (χ0n) is 13.9. The van der Waals surface area contributed by atoms with Crippen molar-refractivity contribution in [1.82, 2.24) is 19.8 Å². The predicted octanol–water partition coefficient (Wildman–Crippen LogP) is 2.61. The van der Waals surface area contributed by atoms with Gasteiger partial charge in [0.2, 0.25) is 5.91 Å². The van der Waals surface area contributed by atoms with Crippen molar-refractivity contribution >= 4 is 17.2 Å². The van der Waals surface area contributed by atoms with Crippen molar-refractivity contribution in [2.45, 2.75) is 51.4 Å². The summed E-state index contributed by atoms with van der Waals surface area (Å²) in [7, 11) is 0. The van der Waals surface area contributed by atoms with Crippen LogP contribution in [0.4, 0.5) is 0 Å². The number of aromatic nitrogens is 2. The Morgan fingerprint density at radius 2 is 2.04 bits per heavy atom. The summed E-state index contributed by atoms with van der Waals surface area (Å²) in [4.78, 5) is 25.7. The van der Waals surface area contributed by atoms with Gasteiger partial charge in [0.15, 0.2) is 0 Å². The van der Waals surface area contributed by atoms with Crippen LogP contribution in [0.5, 0.6) is 0 Å². The van der Waals surface area contributed by atoms with E-state index in [1.54, 1.807) is 11.3 Å². The fourth-order valence-corrected chi connectivity index (χ4v) is 4.62. The molecule has 6 heteroatoms. The lowest BCUT2D eigenvalue weighted by Gasteiger charge is -2.39. The van der Waals surface area contributed by atoms with Crippen LogP contribution in [0.2, 0.25) is 0 Å². The molecule has 5 nitrogen and oxygen atoms in total. The highest BCUT2D eigenvalue weighted by Crippen LogP contribution is 2.33. The van der Waals surface area contributed by atoms with E-state index in [1.165, 1.54) is 5.56 Å². The molecule has 2 aliphatic rings. The second-order valence-electron chi connectivity index (χ2n) is 6.67. The number of carbonyl (C=O) groups excluding carboxylic acids is 1. The topological polar surface area (TPSA) is 49.3 Å². The Labute approximate surface area is 146 Å². The van der Waals surface area contributed by atoms with Crippen molar-refractivity contribution in [3.05, 3.63) is 46.2 Å². The zero-order valence-corrected chi connectivity index (χ0v) is 14.7. The largest absolute Gasteiger partial charge is 0.332 e. The number of aryl methyl sites for hydroxylation is 1. The van der Waals surface area contributed by atoms with Crippen LogP contribution in [0.25, 0.3) is 0 Å². The molecule has 24 heavy (non-hydrogen) atoms. The molecule has 2 aliphatic heterocycles. The monoisotopic (exact) mass is 342 g/mol. The molecule has 2 aromatic heterocycles. The number of amides is 1. The molecule has 0 aromatic carbocycles. The van der Waals surface area contributed by atoms with E-state index in [0.29, 0.717) is 25.0 Å². The van der Waals surface area contributed by atoms with Gasteiger partial charge in [0, 0.05) is 49.4 Å². The normalized spacial score (nSPS) is 24.4. The molecule has 126 valence electrons. The summed E-state index contributed by atoms with van der Waals surface area (Å²) < 4.78 is 0. The highest BCUT2D eigenvalue weighted by molar-refractivity contribution is 7.09. The summed E-state index contributed by atoms with van der Waals surface area (Å²) in [6, 6.07) is 4.96. The molecule has 0 saturated carbocycles. The Morgan fingerprint density at radius 3 is 2.79 bits per heavy atom. The van der Waals surface area contributed by atoms with Gasteiger partial charge in [0.05, 0.1) is 17.2 Å². The van der Waals surface area contributed by atoms with Gasteiger partial charge in [-0.05, 0) is 37.5 Å². The van der Waals surface area contributed by atoms with Gasteiger partial charge >= 0.3 is 0 Å². The molecule has 2 fully saturated rings. The number of hydrogen-bond donors (Lipinski definition) is 0. The van der Waals surface area contributed by atoms with Gasteiger partial charge in [-0.3, -0.25) is 14.7 Å². The van der Waals surface area contributed by atoms with Gasteiger partial charge in [-0.25, -0.2) is 4.98 Å². The molecule has 4 heterocycles. The third kappa shape index (κ3) is 3.08. The molecule has 0 unspecified atom stereocenters. The van der Waals surface area contributed by atoms with Crippen molar-refractivity contribution in [3.63, 3.8) is 0 Å². The van der Waals surface area contributed by atoms with Gasteiger partial charge in [0.1, 0.15) is 0 Å². The van der Waals surface area contributed by atoms with Crippen LogP contribution in [-0.4, -0.2) is 44.3 Å². The molecule has 4 rings (SSSR count). The number of thiazole rings is 1. The van der Waals surface area contributed by atoms with E-state index in [0.717, 1.165) is 36.6 Å². The van der Waals surface area contributed by atoms with Crippen molar-refractivity contribution in [1.29, 1.82) is 0 Å². The number of nitrogens with zero attached hydrogens (tertiary/aromatic N) is 4. The Hall–Kier alpha value is -1.79. The van der Waals surface area contributed by atoms with E-state index < -0.39 is 0 Å². The van der Waals surface area contributed by atoms with Gasteiger partial charge < -0.3 is 4.90 Å². The summed E-state index contributed by atoms with van der Waals surface area (Å²) in [6.45, 7) is 4.67. The molecule has 2 atom stereocenters. The van der Waals surface area contributed by atoms with Crippen molar-refractivity contribution in [2.24, 2.45) is 0 Å². The smallest absolute Gasteiger partial charge is 0.223 e. The van der Waals surface area contributed by atoms with Crippen LogP contribution in [-0.2, 0) is 17.9 Å². The van der Waals surface area contributed by atoms with E-state index in [9.17, 15) is 4.79 Å². The molecule has 2 saturated heterocycles. The fraction of sp³-hybridized carbons (Fsp3) is 0.500. The number of carbonyl (C=O) groups is 1. The SMILES string of the molecule is Cc1nc(CN2C(=O)CC[C@@H]3[C@H]2CCN3Cc2ccncc2)cs1. The molecule has 0 N–H and O–H groups in total. The molecular weight excluding hydrogens is 320 g/mol. The third-order valence-electron chi connectivity index (χ3n) is 5.13. The van der Waals surface area contributed by atoms with Crippen molar-refractivity contribution < 1.29 is 4.79 Å². The minimum Gasteiger partial charge on any atom is -0.332 e. The maximum atomic E-state index is 12.5. The second kappa shape index (κ2) is 6.61. The third-order valence-corrected chi connectivity index (χ3v) is 5.96. The average molecular weight is 342 g/mol. The summed E-state index contributed by atoms with van der Waals surface area (Å²) in [5.41, 5.74) is 2.32. The number of likely N-dealkylation sites (tertiary alicyclic amines) is 2. The quantitative estimate of drug-likeness (QED) is 0.857. The summed E-state index contributed by atoms with van der Waals surface area (Å²) in [6.07, 6.45) is 6.39. The molecule has 0 spiro atoms. The van der Waals surface area contributed by atoms with Crippen LogP contribution in [0, 0.1) is 6.92 Å². The van der Waals surface area contributed by atoms with Gasteiger partial charge in [-0.15, -0.1) is 11.3 Å². The van der Waals surface area contributed by atoms with E-state index >= 15 is 0 Å². The van der Waals surface area contributed by atoms with E-state index in [-0.39, 0.29) is 5.91 Å². The lowest BCUT2D eigenvalue weighted by Crippen LogP contribution is -2.51. The Balaban J connectivity index is 1.48. The van der Waals surface area contributed by atoms with Gasteiger partial charge in [0.25, 0.3) is 0 Å². The number of hydrogen-bond acceptors (Lipinski definition) is 5. The zero-order chi connectivity index (χ0) is 16.5. The van der Waals surface area contributed by atoms with Crippen LogP contribution in [0.15, 0.2) is 29.9 Å². The van der Waals surface area contributed by atoms with Crippen LogP contribution >= 0.6 is 11.3 Å². The lowest BCUT2D eigenvalue weighted by atomic mass is 9.96. The van der Waals surface area contributed by atoms with Crippen LogP contribution in [0.3, 0.4) is 0 Å². The molecule has 0 bridgehead atoms. The summed E-state index contributed by atoms with van der Waals surface area (Å²) in [5.74, 6) is 0.285. The maximum Gasteiger partial charge on any atom is 0.223 e. The highest BCUT2D eigenvalue weighted by atomic mass is 32.1. The molecular formula is C18H22N4OS. The minimum atomic E-state index is 0.285. The molecule has 1 amide bonds. The van der Waals surface area contributed by atoms with E-state index in [1.807, 2.05) is 19.3 Å². The molecule has 0 aliphatic carbocycles. The molecule has 2 aromatic rings. The lowest BCUT2D eigenvalue weighted by molar-refractivity contribution is -0.138. The standard InChI is InChI=1S/C18H22N4OS/c1-13-20-15(12-24-13)11-22-17-6-9-21(16(17)2-3-18(22)23)10-14-4-7-19-8-5-14/h4-5,7-8,12,16-17H,2-3,6,9-11H2,1H3/t16-,17-/m1/s1. The molecule has 0 radical (unpaired) electrons. The first-order chi connectivity index (χ1) is 11.7. The number of piperidine rings is 1. The van der Waals surface area contributed by atoms with Crippen LogP contribution < -0.4 is 0 Å². The van der Waals surface area contributed by atoms with Crippen molar-refractivity contribution in [3.8, 4) is 0 Å². The van der Waals surface area contributed by atoms with E-state index in [4.69, 9.17) is 0 Å². The van der Waals surface area contributed by atoms with E-state index in [2.05, 4.69) is 37.3 Å². The van der Waals surface area contributed by atoms with Gasteiger partial charge in [-0.2, -0.15) is 0 Å². The Morgan fingerprint density at radius 1 is 1.21 bits per heavy atom. The fourth-order valence-electron chi connectivity index (χ4n) is 4.02. The first kappa shape index (κ1) is 15.7. The number of fused-ring (bicyclic) bond motifs is 1. The Bertz CT molecular complexity index is 717. The Kier molecular flexibility index (Phi) is 4.33. The predicted molar refractivity (Wildman–Crippen MR) is 93.5 cm³/mol.